The summed E-state index contributed by atoms with van der Waals surface area (Å²) in [5.41, 5.74) is 0.587. The van der Waals surface area contributed by atoms with Gasteiger partial charge in [-0.2, -0.15) is 0 Å². The van der Waals surface area contributed by atoms with E-state index in [1.54, 1.807) is 0 Å². The molecule has 0 bridgehead atoms. The van der Waals surface area contributed by atoms with Crippen molar-refractivity contribution in [2.75, 3.05) is 26.2 Å². The van der Waals surface area contributed by atoms with Crippen LogP contribution in [-0.4, -0.2) is 37.7 Å². The Morgan fingerprint density at radius 2 is 2.21 bits per heavy atom. The zero-order valence-electron chi connectivity index (χ0n) is 11.4. The first-order valence-corrected chi connectivity index (χ1v) is 6.88. The van der Waals surface area contributed by atoms with Crippen molar-refractivity contribution < 1.29 is 9.53 Å². The normalized spacial score (nSPS) is 23.0. The van der Waals surface area contributed by atoms with E-state index in [4.69, 9.17) is 4.74 Å². The Balaban J connectivity index is 1.69. The van der Waals surface area contributed by atoms with Crippen LogP contribution >= 0.6 is 0 Å². The molecule has 0 aliphatic carbocycles. The van der Waals surface area contributed by atoms with E-state index < -0.39 is 5.60 Å². The fourth-order valence-electron chi connectivity index (χ4n) is 2.20. The van der Waals surface area contributed by atoms with Crippen molar-refractivity contribution in [1.82, 2.24) is 10.6 Å². The molecule has 1 aromatic carbocycles. The third-order valence-corrected chi connectivity index (χ3v) is 3.41. The van der Waals surface area contributed by atoms with Crippen LogP contribution in [-0.2, 0) is 16.0 Å². The zero-order valence-corrected chi connectivity index (χ0v) is 11.4. The number of morpholine rings is 1. The van der Waals surface area contributed by atoms with Gasteiger partial charge in [-0.1, -0.05) is 30.3 Å². The Morgan fingerprint density at radius 3 is 2.89 bits per heavy atom. The van der Waals surface area contributed by atoms with Crippen molar-refractivity contribution in [3.8, 4) is 0 Å². The summed E-state index contributed by atoms with van der Waals surface area (Å²) in [7, 11) is 0. The van der Waals surface area contributed by atoms with E-state index in [-0.39, 0.29) is 5.91 Å². The second-order valence-electron chi connectivity index (χ2n) is 5.10. The third-order valence-electron chi connectivity index (χ3n) is 3.41. The number of amides is 1. The average molecular weight is 262 g/mol. The molecule has 0 radical (unpaired) electrons. The van der Waals surface area contributed by atoms with E-state index in [1.165, 1.54) is 5.56 Å². The predicted molar refractivity (Wildman–Crippen MR) is 75.0 cm³/mol. The van der Waals surface area contributed by atoms with Crippen LogP contribution in [0.2, 0.25) is 0 Å². The van der Waals surface area contributed by atoms with Gasteiger partial charge in [-0.05, 0) is 25.3 Å². The van der Waals surface area contributed by atoms with Crippen molar-refractivity contribution in [2.45, 2.75) is 25.4 Å². The molecule has 0 spiro atoms. The maximum Gasteiger partial charge on any atom is 0.253 e. The van der Waals surface area contributed by atoms with Gasteiger partial charge in [0, 0.05) is 19.6 Å². The third kappa shape index (κ3) is 4.04. The summed E-state index contributed by atoms with van der Waals surface area (Å²) in [6, 6.07) is 10.3. The highest BCUT2D eigenvalue weighted by molar-refractivity contribution is 5.85. The van der Waals surface area contributed by atoms with E-state index in [2.05, 4.69) is 22.8 Å². The Kier molecular flexibility index (Phi) is 4.93. The van der Waals surface area contributed by atoms with Crippen molar-refractivity contribution >= 4 is 5.91 Å². The monoisotopic (exact) mass is 262 g/mol. The maximum atomic E-state index is 12.1. The predicted octanol–water partition coefficient (Wildman–Crippen LogP) is 1.11. The van der Waals surface area contributed by atoms with Gasteiger partial charge in [0.2, 0.25) is 0 Å². The molecule has 0 aromatic heterocycles. The fourth-order valence-corrected chi connectivity index (χ4v) is 2.20. The van der Waals surface area contributed by atoms with Gasteiger partial charge in [0.15, 0.2) is 5.60 Å². The quantitative estimate of drug-likeness (QED) is 0.782. The number of nitrogens with one attached hydrogen (secondary N) is 2. The van der Waals surface area contributed by atoms with Crippen LogP contribution < -0.4 is 10.6 Å². The molecule has 1 fully saturated rings. The van der Waals surface area contributed by atoms with Crippen LogP contribution in [0.15, 0.2) is 30.3 Å². The molecule has 1 aliphatic heterocycles. The Morgan fingerprint density at radius 1 is 1.42 bits per heavy atom. The summed E-state index contributed by atoms with van der Waals surface area (Å²) in [5.74, 6) is -0.0206. The Hall–Kier alpha value is -1.39. The fraction of sp³-hybridized carbons (Fsp3) is 0.533. The van der Waals surface area contributed by atoms with Gasteiger partial charge in [0.05, 0.1) is 6.61 Å². The van der Waals surface area contributed by atoms with E-state index in [0.717, 1.165) is 19.4 Å². The molecule has 4 nitrogen and oxygen atoms in total. The van der Waals surface area contributed by atoms with Crippen molar-refractivity contribution in [3.05, 3.63) is 35.9 Å². The van der Waals surface area contributed by atoms with E-state index >= 15 is 0 Å². The van der Waals surface area contributed by atoms with Crippen LogP contribution in [0.3, 0.4) is 0 Å². The summed E-state index contributed by atoms with van der Waals surface area (Å²) in [4.78, 5) is 12.1. The second kappa shape index (κ2) is 6.68. The molecule has 2 N–H and O–H groups in total. The first-order chi connectivity index (χ1) is 9.21. The molecule has 104 valence electrons. The highest BCUT2D eigenvalue weighted by Gasteiger charge is 2.35. The minimum absolute atomic E-state index is 0.0206. The topological polar surface area (TPSA) is 50.4 Å². The minimum atomic E-state index is -0.717. The second-order valence-corrected chi connectivity index (χ2v) is 5.10. The molecule has 1 atom stereocenters. The van der Waals surface area contributed by atoms with Crippen LogP contribution in [0.25, 0.3) is 0 Å². The lowest BCUT2D eigenvalue weighted by Gasteiger charge is -2.32. The van der Waals surface area contributed by atoms with Gasteiger partial charge in [-0.3, -0.25) is 4.79 Å². The molecular weight excluding hydrogens is 240 g/mol. The van der Waals surface area contributed by atoms with Gasteiger partial charge in [-0.25, -0.2) is 0 Å². The molecule has 1 unspecified atom stereocenters. The van der Waals surface area contributed by atoms with Gasteiger partial charge in [0.25, 0.3) is 5.91 Å². The summed E-state index contributed by atoms with van der Waals surface area (Å²) >= 11 is 0. The first kappa shape index (κ1) is 14.0. The van der Waals surface area contributed by atoms with E-state index in [0.29, 0.717) is 19.7 Å². The molecule has 1 aromatic rings. The van der Waals surface area contributed by atoms with Crippen LogP contribution in [0, 0.1) is 0 Å². The molecule has 4 heteroatoms. The lowest BCUT2D eigenvalue weighted by molar-refractivity contribution is -0.147. The average Bonchev–Trinajstić information content (AvgIpc) is 2.45. The summed E-state index contributed by atoms with van der Waals surface area (Å²) in [6.45, 7) is 4.51. The summed E-state index contributed by atoms with van der Waals surface area (Å²) in [6.07, 6.45) is 1.93. The number of hydrogen-bond donors (Lipinski definition) is 2. The van der Waals surface area contributed by atoms with Crippen molar-refractivity contribution in [2.24, 2.45) is 0 Å². The van der Waals surface area contributed by atoms with E-state index in [1.807, 2.05) is 25.1 Å². The largest absolute Gasteiger partial charge is 0.363 e. The minimum Gasteiger partial charge on any atom is -0.363 e. The zero-order chi connectivity index (χ0) is 13.6. The standard InChI is InChI=1S/C15H22N2O2/c1-15(12-16-10-11-19-15)14(18)17-9-5-8-13-6-3-2-4-7-13/h2-4,6-7,16H,5,8-12H2,1H3,(H,17,18). The summed E-state index contributed by atoms with van der Waals surface area (Å²) in [5, 5.41) is 6.15. The lowest BCUT2D eigenvalue weighted by atomic mass is 10.0. The van der Waals surface area contributed by atoms with Gasteiger partial charge in [-0.15, -0.1) is 0 Å². The lowest BCUT2D eigenvalue weighted by Crippen LogP contribution is -2.57. The van der Waals surface area contributed by atoms with Crippen molar-refractivity contribution in [3.63, 3.8) is 0 Å². The SMILES string of the molecule is CC1(C(=O)NCCCc2ccccc2)CNCCO1. The molecule has 1 amide bonds. The summed E-state index contributed by atoms with van der Waals surface area (Å²) < 4.78 is 5.57. The molecule has 1 heterocycles. The molecule has 0 saturated carbocycles. The van der Waals surface area contributed by atoms with Crippen LogP contribution in [0.5, 0.6) is 0 Å². The molecule has 19 heavy (non-hydrogen) atoms. The van der Waals surface area contributed by atoms with Crippen LogP contribution in [0.1, 0.15) is 18.9 Å². The molecule has 1 aliphatic rings. The number of carbonyl (C=O) groups is 1. The molecule has 1 saturated heterocycles. The number of rotatable bonds is 5. The maximum absolute atomic E-state index is 12.1. The molecular formula is C15H22N2O2. The number of carbonyl (C=O) groups excluding carboxylic acids is 1. The van der Waals surface area contributed by atoms with Crippen molar-refractivity contribution in [1.29, 1.82) is 0 Å². The van der Waals surface area contributed by atoms with Gasteiger partial charge < -0.3 is 15.4 Å². The number of aryl methyl sites for hydroxylation is 1. The molecule has 2 rings (SSSR count). The number of ether oxygens (including phenoxy) is 1. The Labute approximate surface area is 114 Å². The van der Waals surface area contributed by atoms with Gasteiger partial charge in [0.1, 0.15) is 0 Å². The van der Waals surface area contributed by atoms with E-state index in [9.17, 15) is 4.79 Å². The number of hydrogen-bond acceptors (Lipinski definition) is 3. The van der Waals surface area contributed by atoms with Crippen LogP contribution in [0.4, 0.5) is 0 Å². The smallest absolute Gasteiger partial charge is 0.253 e. The van der Waals surface area contributed by atoms with Gasteiger partial charge >= 0.3 is 0 Å². The number of benzene rings is 1. The first-order valence-electron chi connectivity index (χ1n) is 6.88. The highest BCUT2D eigenvalue weighted by Crippen LogP contribution is 2.12. The Bertz CT molecular complexity index is 400. The highest BCUT2D eigenvalue weighted by atomic mass is 16.5.